The highest BCUT2D eigenvalue weighted by Gasteiger charge is 2.32. The molecular weight excluding hydrogens is 285 g/mol. The topological polar surface area (TPSA) is 43.8 Å². The Kier molecular flexibility index (Phi) is 4.41. The number of hydrogen-bond donors (Lipinski definition) is 1. The van der Waals surface area contributed by atoms with Gasteiger partial charge in [-0.05, 0) is 30.7 Å². The van der Waals surface area contributed by atoms with Crippen LogP contribution in [0.25, 0.3) is 0 Å². The molecule has 0 bridgehead atoms. The van der Waals surface area contributed by atoms with Gasteiger partial charge in [0.2, 0.25) is 0 Å². The van der Waals surface area contributed by atoms with Gasteiger partial charge in [-0.3, -0.25) is 4.90 Å². The second-order valence-electron chi connectivity index (χ2n) is 5.18. The van der Waals surface area contributed by atoms with Crippen molar-refractivity contribution in [2.24, 2.45) is 0 Å². The van der Waals surface area contributed by atoms with Crippen LogP contribution in [0.1, 0.15) is 15.9 Å². The highest BCUT2D eigenvalue weighted by molar-refractivity contribution is 5.88. The van der Waals surface area contributed by atoms with E-state index in [1.807, 2.05) is 11.8 Å². The van der Waals surface area contributed by atoms with Crippen molar-refractivity contribution >= 4 is 11.7 Å². The Labute approximate surface area is 120 Å². The number of halogens is 3. The van der Waals surface area contributed by atoms with Crippen LogP contribution in [0.15, 0.2) is 18.2 Å². The highest BCUT2D eigenvalue weighted by Crippen LogP contribution is 2.24. The molecule has 0 saturated carbocycles. The largest absolute Gasteiger partial charge is 0.478 e. The average molecular weight is 302 g/mol. The van der Waals surface area contributed by atoms with Crippen LogP contribution >= 0.6 is 0 Å². The maximum atomic E-state index is 12.3. The molecule has 1 aliphatic heterocycles. The summed E-state index contributed by atoms with van der Waals surface area (Å²) in [6.07, 6.45) is -4.17. The molecule has 1 aromatic carbocycles. The van der Waals surface area contributed by atoms with E-state index in [1.165, 1.54) is 11.0 Å². The number of piperazine rings is 1. The Bertz CT molecular complexity index is 523. The van der Waals surface area contributed by atoms with Crippen LogP contribution in [0.5, 0.6) is 0 Å². The third-order valence-corrected chi connectivity index (χ3v) is 3.56. The minimum Gasteiger partial charge on any atom is -0.478 e. The Morgan fingerprint density at radius 2 is 1.86 bits per heavy atom. The number of aromatic carboxylic acids is 1. The maximum absolute atomic E-state index is 12.3. The van der Waals surface area contributed by atoms with E-state index < -0.39 is 18.7 Å². The molecule has 1 aromatic rings. The second kappa shape index (κ2) is 5.93. The quantitative estimate of drug-likeness (QED) is 0.931. The minimum absolute atomic E-state index is 0.215. The molecule has 0 amide bonds. The summed E-state index contributed by atoms with van der Waals surface area (Å²) in [7, 11) is 0. The summed E-state index contributed by atoms with van der Waals surface area (Å²) in [4.78, 5) is 14.3. The molecule has 1 saturated heterocycles. The first-order valence-corrected chi connectivity index (χ1v) is 6.64. The first kappa shape index (κ1) is 15.6. The van der Waals surface area contributed by atoms with Crippen LogP contribution in [-0.2, 0) is 0 Å². The molecule has 0 spiro atoms. The van der Waals surface area contributed by atoms with Crippen molar-refractivity contribution in [1.29, 1.82) is 0 Å². The summed E-state index contributed by atoms with van der Waals surface area (Å²) >= 11 is 0. The Morgan fingerprint density at radius 3 is 2.33 bits per heavy atom. The van der Waals surface area contributed by atoms with Crippen molar-refractivity contribution in [1.82, 2.24) is 4.90 Å². The van der Waals surface area contributed by atoms with Gasteiger partial charge in [-0.1, -0.05) is 0 Å². The molecular formula is C14H17F3N2O2. The van der Waals surface area contributed by atoms with Gasteiger partial charge in [0.1, 0.15) is 0 Å². The molecule has 0 unspecified atom stereocenters. The molecule has 7 heteroatoms. The van der Waals surface area contributed by atoms with E-state index in [9.17, 15) is 18.0 Å². The Morgan fingerprint density at radius 1 is 1.24 bits per heavy atom. The summed E-state index contributed by atoms with van der Waals surface area (Å²) in [6.45, 7) is 2.63. The summed E-state index contributed by atoms with van der Waals surface area (Å²) < 4.78 is 37.0. The first-order valence-electron chi connectivity index (χ1n) is 6.64. The van der Waals surface area contributed by atoms with Crippen LogP contribution in [0.3, 0.4) is 0 Å². The summed E-state index contributed by atoms with van der Waals surface area (Å²) in [5, 5.41) is 8.93. The van der Waals surface area contributed by atoms with Crippen LogP contribution in [0.4, 0.5) is 18.9 Å². The van der Waals surface area contributed by atoms with Gasteiger partial charge in [0.25, 0.3) is 0 Å². The number of hydrogen-bond acceptors (Lipinski definition) is 3. The fourth-order valence-corrected chi connectivity index (χ4v) is 2.54. The normalized spacial score (nSPS) is 17.0. The molecule has 0 atom stereocenters. The molecule has 4 nitrogen and oxygen atoms in total. The summed E-state index contributed by atoms with van der Waals surface area (Å²) in [6, 6.07) is 4.82. The van der Waals surface area contributed by atoms with Crippen molar-refractivity contribution in [2.75, 3.05) is 37.6 Å². The monoisotopic (exact) mass is 302 g/mol. The standard InChI is InChI=1S/C14H17F3N2O2/c1-10-8-11(13(20)21)2-3-12(10)19-6-4-18(5-7-19)9-14(15,16)17/h2-3,8H,4-7,9H2,1H3,(H,20,21). The van der Waals surface area contributed by atoms with Gasteiger partial charge in [-0.25, -0.2) is 4.79 Å². The number of carbonyl (C=O) groups is 1. The number of nitrogens with zero attached hydrogens (tertiary/aromatic N) is 2. The van der Waals surface area contributed by atoms with Crippen LogP contribution in [0, 0.1) is 6.92 Å². The number of aryl methyl sites for hydroxylation is 1. The van der Waals surface area contributed by atoms with E-state index in [0.29, 0.717) is 26.2 Å². The smallest absolute Gasteiger partial charge is 0.401 e. The van der Waals surface area contributed by atoms with Gasteiger partial charge in [0, 0.05) is 31.9 Å². The number of carboxylic acids is 1. The van der Waals surface area contributed by atoms with Gasteiger partial charge < -0.3 is 10.0 Å². The first-order chi connectivity index (χ1) is 9.76. The molecule has 1 aliphatic rings. The van der Waals surface area contributed by atoms with Crippen LogP contribution < -0.4 is 4.90 Å². The maximum Gasteiger partial charge on any atom is 0.401 e. The second-order valence-corrected chi connectivity index (χ2v) is 5.18. The van der Waals surface area contributed by atoms with E-state index in [2.05, 4.69) is 0 Å². The number of alkyl halides is 3. The lowest BCUT2D eigenvalue weighted by Gasteiger charge is -2.37. The van der Waals surface area contributed by atoms with Crippen molar-refractivity contribution in [2.45, 2.75) is 13.1 Å². The molecule has 1 heterocycles. The zero-order chi connectivity index (χ0) is 15.6. The van der Waals surface area contributed by atoms with Crippen molar-refractivity contribution in [3.8, 4) is 0 Å². The minimum atomic E-state index is -4.17. The summed E-state index contributed by atoms with van der Waals surface area (Å²) in [5.41, 5.74) is 1.91. The van der Waals surface area contributed by atoms with E-state index in [1.54, 1.807) is 12.1 Å². The molecule has 1 fully saturated rings. The van der Waals surface area contributed by atoms with E-state index >= 15 is 0 Å². The third kappa shape index (κ3) is 4.10. The molecule has 0 aliphatic carbocycles. The lowest BCUT2D eigenvalue weighted by molar-refractivity contribution is -0.146. The Balaban J connectivity index is 2.01. The zero-order valence-electron chi connectivity index (χ0n) is 11.7. The Hall–Kier alpha value is -1.76. The number of anilines is 1. The molecule has 21 heavy (non-hydrogen) atoms. The molecule has 0 aromatic heterocycles. The number of carboxylic acid groups (broad SMARTS) is 1. The van der Waals surface area contributed by atoms with Crippen LogP contribution in [-0.4, -0.2) is 54.9 Å². The molecule has 2 rings (SSSR count). The predicted molar refractivity (Wildman–Crippen MR) is 72.8 cm³/mol. The predicted octanol–water partition coefficient (Wildman–Crippen LogP) is 2.38. The third-order valence-electron chi connectivity index (χ3n) is 3.56. The van der Waals surface area contributed by atoms with Crippen molar-refractivity contribution in [3.05, 3.63) is 29.3 Å². The van der Waals surface area contributed by atoms with E-state index in [-0.39, 0.29) is 5.56 Å². The van der Waals surface area contributed by atoms with E-state index in [0.717, 1.165) is 11.3 Å². The van der Waals surface area contributed by atoms with Gasteiger partial charge in [-0.15, -0.1) is 0 Å². The number of rotatable bonds is 3. The van der Waals surface area contributed by atoms with Crippen molar-refractivity contribution < 1.29 is 23.1 Å². The lowest BCUT2D eigenvalue weighted by atomic mass is 10.1. The fourth-order valence-electron chi connectivity index (χ4n) is 2.54. The SMILES string of the molecule is Cc1cc(C(=O)O)ccc1N1CCN(CC(F)(F)F)CC1. The zero-order valence-corrected chi connectivity index (χ0v) is 11.7. The van der Waals surface area contributed by atoms with Crippen LogP contribution in [0.2, 0.25) is 0 Å². The van der Waals surface area contributed by atoms with E-state index in [4.69, 9.17) is 5.11 Å². The van der Waals surface area contributed by atoms with Gasteiger partial charge in [0.15, 0.2) is 0 Å². The van der Waals surface area contributed by atoms with Gasteiger partial charge in [0.05, 0.1) is 12.1 Å². The average Bonchev–Trinajstić information content (AvgIpc) is 2.38. The fraction of sp³-hybridized carbons (Fsp3) is 0.500. The summed E-state index contributed by atoms with van der Waals surface area (Å²) in [5.74, 6) is -0.986. The highest BCUT2D eigenvalue weighted by atomic mass is 19.4. The molecule has 0 radical (unpaired) electrons. The molecule has 116 valence electrons. The van der Waals surface area contributed by atoms with Gasteiger partial charge >= 0.3 is 12.1 Å². The van der Waals surface area contributed by atoms with Gasteiger partial charge in [-0.2, -0.15) is 13.2 Å². The molecule has 1 N–H and O–H groups in total. The van der Waals surface area contributed by atoms with Crippen molar-refractivity contribution in [3.63, 3.8) is 0 Å². The number of benzene rings is 1. The lowest BCUT2D eigenvalue weighted by Crippen LogP contribution is -2.49.